The molecular weight excluding hydrogens is 315 g/mol. The standard InChI is InChI=1S/C8H7IN2O2S/c9-5-3-4(7(12)13)1-2-6(5)11-8(10)14/h1-3H,(H,12,13)(H3,10,11,14). The number of hydrogen-bond acceptors (Lipinski definition) is 2. The van der Waals surface area contributed by atoms with Crippen LogP contribution in [0.3, 0.4) is 0 Å². The second-order valence-corrected chi connectivity index (χ2v) is 4.09. The third-order valence-electron chi connectivity index (χ3n) is 1.47. The minimum absolute atomic E-state index is 0.158. The number of thiocarbonyl (C=S) groups is 1. The van der Waals surface area contributed by atoms with E-state index in [4.69, 9.17) is 10.8 Å². The Morgan fingerprint density at radius 2 is 2.21 bits per heavy atom. The monoisotopic (exact) mass is 322 g/mol. The van der Waals surface area contributed by atoms with E-state index in [0.29, 0.717) is 5.69 Å². The lowest BCUT2D eigenvalue weighted by atomic mass is 10.2. The van der Waals surface area contributed by atoms with Crippen LogP contribution in [0, 0.1) is 3.57 Å². The summed E-state index contributed by atoms with van der Waals surface area (Å²) in [6, 6.07) is 4.67. The fourth-order valence-electron chi connectivity index (χ4n) is 0.882. The molecule has 4 N–H and O–H groups in total. The number of anilines is 1. The van der Waals surface area contributed by atoms with Crippen LogP contribution >= 0.6 is 34.8 Å². The molecule has 0 saturated heterocycles. The van der Waals surface area contributed by atoms with Crippen LogP contribution in [0.15, 0.2) is 18.2 Å². The Hall–Kier alpha value is -0.890. The molecule has 1 aromatic carbocycles. The lowest BCUT2D eigenvalue weighted by molar-refractivity contribution is 0.0697. The van der Waals surface area contributed by atoms with Crippen molar-refractivity contribution in [1.29, 1.82) is 0 Å². The zero-order chi connectivity index (χ0) is 10.7. The fourth-order valence-corrected chi connectivity index (χ4v) is 1.64. The van der Waals surface area contributed by atoms with Crippen LogP contribution in [0.1, 0.15) is 10.4 Å². The maximum atomic E-state index is 10.6. The average Bonchev–Trinajstić information content (AvgIpc) is 2.07. The van der Waals surface area contributed by atoms with E-state index in [9.17, 15) is 4.79 Å². The molecule has 0 bridgehead atoms. The molecule has 1 rings (SSSR count). The molecule has 0 heterocycles. The molecule has 0 saturated carbocycles. The maximum absolute atomic E-state index is 10.6. The highest BCUT2D eigenvalue weighted by Crippen LogP contribution is 2.19. The summed E-state index contributed by atoms with van der Waals surface area (Å²) in [6.07, 6.45) is 0. The number of carboxylic acid groups (broad SMARTS) is 1. The van der Waals surface area contributed by atoms with Crippen LogP contribution < -0.4 is 11.1 Å². The second kappa shape index (κ2) is 4.56. The van der Waals surface area contributed by atoms with Gasteiger partial charge >= 0.3 is 5.97 Å². The van der Waals surface area contributed by atoms with E-state index in [-0.39, 0.29) is 10.7 Å². The third kappa shape index (κ3) is 2.81. The number of benzene rings is 1. The van der Waals surface area contributed by atoms with Crippen molar-refractivity contribution in [3.8, 4) is 0 Å². The highest BCUT2D eigenvalue weighted by molar-refractivity contribution is 14.1. The Morgan fingerprint density at radius 1 is 1.57 bits per heavy atom. The Labute approximate surface area is 99.6 Å². The van der Waals surface area contributed by atoms with E-state index in [2.05, 4.69) is 17.5 Å². The van der Waals surface area contributed by atoms with Crippen molar-refractivity contribution in [2.75, 3.05) is 5.32 Å². The van der Waals surface area contributed by atoms with Gasteiger partial charge < -0.3 is 16.2 Å². The first-order valence-corrected chi connectivity index (χ1v) is 5.08. The first kappa shape index (κ1) is 11.2. The number of rotatable bonds is 2. The molecule has 0 atom stereocenters. The van der Waals surface area contributed by atoms with Crippen LogP contribution in [0.4, 0.5) is 5.69 Å². The summed E-state index contributed by atoms with van der Waals surface area (Å²) in [5.74, 6) is -0.954. The highest BCUT2D eigenvalue weighted by atomic mass is 127. The molecule has 0 aromatic heterocycles. The molecule has 0 amide bonds. The van der Waals surface area contributed by atoms with Gasteiger partial charge in [-0.2, -0.15) is 0 Å². The Kier molecular flexibility index (Phi) is 3.64. The number of nitrogens with two attached hydrogens (primary N) is 1. The van der Waals surface area contributed by atoms with Crippen molar-refractivity contribution in [1.82, 2.24) is 0 Å². The Balaban J connectivity index is 3.01. The third-order valence-corrected chi connectivity index (χ3v) is 2.47. The zero-order valence-corrected chi connectivity index (χ0v) is 9.93. The molecule has 4 nitrogen and oxygen atoms in total. The van der Waals surface area contributed by atoms with Crippen molar-refractivity contribution in [2.45, 2.75) is 0 Å². The summed E-state index contributed by atoms with van der Waals surface area (Å²) in [5.41, 5.74) is 6.24. The fraction of sp³-hybridized carbons (Fsp3) is 0. The van der Waals surface area contributed by atoms with Crippen molar-refractivity contribution >= 4 is 51.6 Å². The van der Waals surface area contributed by atoms with Crippen LogP contribution in [-0.4, -0.2) is 16.2 Å². The van der Waals surface area contributed by atoms with Gasteiger partial charge in [0.05, 0.1) is 11.3 Å². The van der Waals surface area contributed by atoms with Crippen molar-refractivity contribution in [3.63, 3.8) is 0 Å². The molecule has 14 heavy (non-hydrogen) atoms. The highest BCUT2D eigenvalue weighted by Gasteiger charge is 2.06. The predicted molar refractivity (Wildman–Crippen MR) is 66.5 cm³/mol. The molecule has 0 aliphatic carbocycles. The lowest BCUT2D eigenvalue weighted by Crippen LogP contribution is -2.19. The maximum Gasteiger partial charge on any atom is 0.335 e. The van der Waals surface area contributed by atoms with Gasteiger partial charge in [0.25, 0.3) is 0 Å². The van der Waals surface area contributed by atoms with E-state index in [0.717, 1.165) is 3.57 Å². The predicted octanol–water partition coefficient (Wildman–Crippen LogP) is 1.64. The van der Waals surface area contributed by atoms with Gasteiger partial charge in [0, 0.05) is 3.57 Å². The first-order chi connectivity index (χ1) is 6.50. The van der Waals surface area contributed by atoms with Crippen LogP contribution in [-0.2, 0) is 0 Å². The minimum Gasteiger partial charge on any atom is -0.478 e. The molecule has 0 spiro atoms. The van der Waals surface area contributed by atoms with Gasteiger partial charge in [0.1, 0.15) is 0 Å². The summed E-state index contributed by atoms with van der Waals surface area (Å²) in [6.45, 7) is 0. The van der Waals surface area contributed by atoms with Crippen molar-refractivity contribution in [3.05, 3.63) is 27.3 Å². The molecule has 0 unspecified atom stereocenters. The molecule has 1 aromatic rings. The van der Waals surface area contributed by atoms with Crippen LogP contribution in [0.5, 0.6) is 0 Å². The number of carboxylic acids is 1. The van der Waals surface area contributed by atoms with Crippen molar-refractivity contribution < 1.29 is 9.90 Å². The van der Waals surface area contributed by atoms with E-state index < -0.39 is 5.97 Å². The number of carbonyl (C=O) groups is 1. The number of aromatic carboxylic acids is 1. The number of halogens is 1. The summed E-state index contributed by atoms with van der Waals surface area (Å²) in [4.78, 5) is 10.6. The summed E-state index contributed by atoms with van der Waals surface area (Å²) in [7, 11) is 0. The molecule has 0 radical (unpaired) electrons. The molecule has 6 heteroatoms. The normalized spacial score (nSPS) is 9.50. The van der Waals surface area contributed by atoms with E-state index in [1.54, 1.807) is 12.1 Å². The molecule has 74 valence electrons. The summed E-state index contributed by atoms with van der Waals surface area (Å²) >= 11 is 6.68. The van der Waals surface area contributed by atoms with E-state index in [1.807, 2.05) is 22.6 Å². The van der Waals surface area contributed by atoms with Crippen LogP contribution in [0.2, 0.25) is 0 Å². The Morgan fingerprint density at radius 3 is 2.64 bits per heavy atom. The molecule has 0 aliphatic heterocycles. The largest absolute Gasteiger partial charge is 0.478 e. The quantitative estimate of drug-likeness (QED) is 0.570. The van der Waals surface area contributed by atoms with Gasteiger partial charge in [-0.3, -0.25) is 0 Å². The van der Waals surface area contributed by atoms with E-state index in [1.165, 1.54) is 6.07 Å². The smallest absolute Gasteiger partial charge is 0.335 e. The number of nitrogens with one attached hydrogen (secondary N) is 1. The molecule has 0 fully saturated rings. The van der Waals surface area contributed by atoms with Gasteiger partial charge in [-0.1, -0.05) is 0 Å². The van der Waals surface area contributed by atoms with Gasteiger partial charge in [0.2, 0.25) is 0 Å². The van der Waals surface area contributed by atoms with Gasteiger partial charge in [-0.15, -0.1) is 0 Å². The number of hydrogen-bond donors (Lipinski definition) is 3. The molecule has 0 aliphatic rings. The Bertz CT molecular complexity index is 395. The lowest BCUT2D eigenvalue weighted by Gasteiger charge is -2.06. The van der Waals surface area contributed by atoms with E-state index >= 15 is 0 Å². The first-order valence-electron chi connectivity index (χ1n) is 3.60. The van der Waals surface area contributed by atoms with Gasteiger partial charge in [0.15, 0.2) is 5.11 Å². The van der Waals surface area contributed by atoms with Crippen LogP contribution in [0.25, 0.3) is 0 Å². The van der Waals surface area contributed by atoms with Gasteiger partial charge in [-0.05, 0) is 53.0 Å². The topological polar surface area (TPSA) is 75.3 Å². The van der Waals surface area contributed by atoms with Crippen molar-refractivity contribution in [2.24, 2.45) is 5.73 Å². The summed E-state index contributed by atoms with van der Waals surface area (Å²) in [5, 5.41) is 11.6. The average molecular weight is 322 g/mol. The zero-order valence-electron chi connectivity index (χ0n) is 6.95. The SMILES string of the molecule is NC(=S)Nc1ccc(C(=O)O)cc1I. The second-order valence-electron chi connectivity index (χ2n) is 2.49. The molecular formula is C8H7IN2O2S. The van der Waals surface area contributed by atoms with Gasteiger partial charge in [-0.25, -0.2) is 4.79 Å². The summed E-state index contributed by atoms with van der Waals surface area (Å²) < 4.78 is 0.760. The minimum atomic E-state index is -0.954.